The number of fused-ring (bicyclic) bond motifs is 1. The van der Waals surface area contributed by atoms with Crippen molar-refractivity contribution in [2.45, 2.75) is 57.6 Å². The van der Waals surface area contributed by atoms with E-state index in [9.17, 15) is 24.9 Å². The van der Waals surface area contributed by atoms with Gasteiger partial charge in [-0.1, -0.05) is 38.1 Å². The molecular weight excluding hydrogens is 336 g/mol. The van der Waals surface area contributed by atoms with E-state index in [-0.39, 0.29) is 24.8 Å². The second-order valence-corrected chi connectivity index (χ2v) is 7.95. The smallest absolute Gasteiger partial charge is 0.326 e. The molecule has 26 heavy (non-hydrogen) atoms. The number of nitrogens with zero attached hydrogens (tertiary/aromatic N) is 2. The van der Waals surface area contributed by atoms with E-state index in [1.165, 1.54) is 4.90 Å². The first-order chi connectivity index (χ1) is 12.1. The summed E-state index contributed by atoms with van der Waals surface area (Å²) in [6.07, 6.45) is -0.907. The van der Waals surface area contributed by atoms with Crippen LogP contribution < -0.4 is 0 Å². The third-order valence-electron chi connectivity index (χ3n) is 5.33. The van der Waals surface area contributed by atoms with Crippen LogP contribution in [0.1, 0.15) is 44.5 Å². The molecule has 3 rings (SSSR count). The van der Waals surface area contributed by atoms with Crippen LogP contribution in [0.4, 0.5) is 0 Å². The molecule has 0 saturated carbocycles. The van der Waals surface area contributed by atoms with Gasteiger partial charge in [0.05, 0.1) is 18.2 Å². The molecule has 2 heterocycles. The number of hydrogen-bond acceptors (Lipinski definition) is 5. The summed E-state index contributed by atoms with van der Waals surface area (Å²) in [6.45, 7) is 5.70. The van der Waals surface area contributed by atoms with E-state index in [2.05, 4.69) is 0 Å². The summed E-state index contributed by atoms with van der Waals surface area (Å²) in [7, 11) is 0. The minimum absolute atomic E-state index is 0.00165. The van der Waals surface area contributed by atoms with Crippen LogP contribution in [0.5, 0.6) is 0 Å². The summed E-state index contributed by atoms with van der Waals surface area (Å²) in [5.41, 5.74) is 0.503. The Hall–Kier alpha value is -1.96. The van der Waals surface area contributed by atoms with Crippen molar-refractivity contribution in [3.63, 3.8) is 0 Å². The molecule has 0 spiro atoms. The second-order valence-electron chi connectivity index (χ2n) is 7.95. The average molecular weight is 362 g/mol. The van der Waals surface area contributed by atoms with Crippen LogP contribution in [0.3, 0.4) is 0 Å². The minimum Gasteiger partial charge on any atom is -0.480 e. The third kappa shape index (κ3) is 3.22. The van der Waals surface area contributed by atoms with Gasteiger partial charge in [-0.25, -0.2) is 4.79 Å². The van der Waals surface area contributed by atoms with Gasteiger partial charge in [-0.2, -0.15) is 0 Å². The monoisotopic (exact) mass is 362 g/mol. The fraction of sp³-hybridized carbons (Fsp3) is 0.579. The molecular formula is C19H26N2O5. The fourth-order valence-electron chi connectivity index (χ4n) is 4.14. The highest BCUT2D eigenvalue weighted by Crippen LogP contribution is 2.37. The van der Waals surface area contributed by atoms with Gasteiger partial charge in [-0.3, -0.25) is 9.69 Å². The molecule has 0 bridgehead atoms. The van der Waals surface area contributed by atoms with Gasteiger partial charge in [0.1, 0.15) is 12.3 Å². The van der Waals surface area contributed by atoms with Crippen molar-refractivity contribution in [3.8, 4) is 0 Å². The molecule has 142 valence electrons. The van der Waals surface area contributed by atoms with Gasteiger partial charge in [-0.05, 0) is 24.0 Å². The second kappa shape index (κ2) is 6.64. The number of carbonyl (C=O) groups is 2. The Morgan fingerprint density at radius 1 is 1.27 bits per heavy atom. The predicted octanol–water partition coefficient (Wildman–Crippen LogP) is 0.954. The fourth-order valence-corrected chi connectivity index (χ4v) is 4.14. The van der Waals surface area contributed by atoms with Crippen molar-refractivity contribution in [2.24, 2.45) is 5.92 Å². The number of aliphatic hydroxyl groups is 2. The van der Waals surface area contributed by atoms with Gasteiger partial charge >= 0.3 is 5.97 Å². The van der Waals surface area contributed by atoms with Crippen molar-refractivity contribution < 1.29 is 24.9 Å². The summed E-state index contributed by atoms with van der Waals surface area (Å²) >= 11 is 0. The van der Waals surface area contributed by atoms with Crippen LogP contribution >= 0.6 is 0 Å². The largest absolute Gasteiger partial charge is 0.480 e. The number of benzene rings is 1. The first-order valence-corrected chi connectivity index (χ1v) is 8.89. The number of carboxylic acid groups (broad SMARTS) is 1. The van der Waals surface area contributed by atoms with E-state index in [0.29, 0.717) is 6.54 Å². The normalized spacial score (nSPS) is 29.8. The Bertz CT molecular complexity index is 718. The van der Waals surface area contributed by atoms with E-state index in [0.717, 1.165) is 11.1 Å². The molecule has 1 aromatic rings. The molecule has 3 N–H and O–H groups in total. The van der Waals surface area contributed by atoms with Crippen LogP contribution in [-0.2, 0) is 16.1 Å². The highest BCUT2D eigenvalue weighted by atomic mass is 16.4. The summed E-state index contributed by atoms with van der Waals surface area (Å²) in [6, 6.07) is 5.76. The van der Waals surface area contributed by atoms with E-state index in [1.54, 1.807) is 11.8 Å². The van der Waals surface area contributed by atoms with E-state index >= 15 is 0 Å². The van der Waals surface area contributed by atoms with Crippen LogP contribution in [0.15, 0.2) is 24.3 Å². The molecule has 1 amide bonds. The lowest BCUT2D eigenvalue weighted by Gasteiger charge is -2.36. The van der Waals surface area contributed by atoms with Crippen LogP contribution in [0.25, 0.3) is 0 Å². The number of rotatable bonds is 4. The van der Waals surface area contributed by atoms with Crippen molar-refractivity contribution in [2.75, 3.05) is 6.54 Å². The van der Waals surface area contributed by atoms with Crippen LogP contribution in [-0.4, -0.2) is 61.2 Å². The van der Waals surface area contributed by atoms with Crippen molar-refractivity contribution in [3.05, 3.63) is 35.4 Å². The van der Waals surface area contributed by atoms with Gasteiger partial charge in [0.2, 0.25) is 5.91 Å². The number of aliphatic carboxylic acids is 1. The first-order valence-electron chi connectivity index (χ1n) is 8.89. The van der Waals surface area contributed by atoms with Crippen LogP contribution in [0.2, 0.25) is 0 Å². The molecule has 2 aliphatic heterocycles. The topological polar surface area (TPSA) is 101 Å². The molecule has 7 heteroatoms. The zero-order valence-electron chi connectivity index (χ0n) is 15.3. The number of carbonyl (C=O) groups excluding carboxylic acids is 1. The molecule has 1 unspecified atom stereocenters. The summed E-state index contributed by atoms with van der Waals surface area (Å²) in [5.74, 6) is -1.62. The molecule has 1 fully saturated rings. The lowest BCUT2D eigenvalue weighted by molar-refractivity contribution is -0.154. The molecule has 0 aromatic heterocycles. The first kappa shape index (κ1) is 18.8. The molecule has 0 radical (unpaired) electrons. The zero-order valence-corrected chi connectivity index (χ0v) is 15.3. The maximum atomic E-state index is 13.3. The van der Waals surface area contributed by atoms with E-state index in [4.69, 9.17) is 0 Å². The quantitative estimate of drug-likeness (QED) is 0.737. The standard InChI is InChI=1S/C19H26N2O5/c1-11(2)15(20-9-12-6-4-5-7-13(12)16(20)22)17(23)21-10-19(3,26)8-14(21)18(24)25/h4-7,11,14-16,22,26H,8-10H2,1-3H3,(H,24,25)/t14-,15-,16?,19+/m0/s1. The Balaban J connectivity index is 1.89. The molecule has 1 aromatic carbocycles. The maximum Gasteiger partial charge on any atom is 0.326 e. The highest BCUT2D eigenvalue weighted by Gasteiger charge is 2.49. The number of aliphatic hydroxyl groups excluding tert-OH is 1. The van der Waals surface area contributed by atoms with Gasteiger partial charge in [-0.15, -0.1) is 0 Å². The van der Waals surface area contributed by atoms with Gasteiger partial charge < -0.3 is 20.2 Å². The van der Waals surface area contributed by atoms with Gasteiger partial charge in [0, 0.05) is 13.0 Å². The summed E-state index contributed by atoms with van der Waals surface area (Å²) in [5, 5.41) is 30.5. The lowest BCUT2D eigenvalue weighted by Crippen LogP contribution is -2.53. The maximum absolute atomic E-state index is 13.3. The van der Waals surface area contributed by atoms with Gasteiger partial charge in [0.15, 0.2) is 0 Å². The van der Waals surface area contributed by atoms with Crippen LogP contribution in [0, 0.1) is 5.92 Å². The van der Waals surface area contributed by atoms with Crippen molar-refractivity contribution >= 4 is 11.9 Å². The number of hydrogen-bond donors (Lipinski definition) is 3. The highest BCUT2D eigenvalue weighted by molar-refractivity contribution is 5.88. The average Bonchev–Trinajstić information content (AvgIpc) is 3.05. The van der Waals surface area contributed by atoms with E-state index < -0.39 is 29.9 Å². The molecule has 1 saturated heterocycles. The number of likely N-dealkylation sites (tertiary alicyclic amines) is 1. The van der Waals surface area contributed by atoms with E-state index in [1.807, 2.05) is 38.1 Å². The number of amides is 1. The van der Waals surface area contributed by atoms with Crippen molar-refractivity contribution in [1.29, 1.82) is 0 Å². The molecule has 4 atom stereocenters. The minimum atomic E-state index is -1.23. The van der Waals surface area contributed by atoms with Gasteiger partial charge in [0.25, 0.3) is 0 Å². The molecule has 7 nitrogen and oxygen atoms in total. The Morgan fingerprint density at radius 2 is 1.92 bits per heavy atom. The Labute approximate surface area is 152 Å². The lowest BCUT2D eigenvalue weighted by atomic mass is 10.00. The summed E-state index contributed by atoms with van der Waals surface area (Å²) < 4.78 is 0. The zero-order chi connectivity index (χ0) is 19.2. The number of carboxylic acids is 1. The third-order valence-corrected chi connectivity index (χ3v) is 5.33. The Kier molecular flexibility index (Phi) is 4.81. The van der Waals surface area contributed by atoms with Crippen molar-refractivity contribution in [1.82, 2.24) is 9.80 Å². The summed E-state index contributed by atoms with van der Waals surface area (Å²) in [4.78, 5) is 27.8. The Morgan fingerprint density at radius 3 is 2.50 bits per heavy atom. The number of β-amino-alcohol motifs (C(OH)–C–C–N with tert-alkyl or cyclic N) is 1. The molecule has 2 aliphatic rings. The predicted molar refractivity (Wildman–Crippen MR) is 93.9 cm³/mol. The molecule has 0 aliphatic carbocycles. The SMILES string of the molecule is CC(C)[C@@H](C(=O)N1C[C@](C)(O)C[C@H]1C(=O)O)N1Cc2ccccc2C1O.